The summed E-state index contributed by atoms with van der Waals surface area (Å²) in [6.45, 7) is 4.45. The average Bonchev–Trinajstić information content (AvgIpc) is 2.72. The van der Waals surface area contributed by atoms with Crippen LogP contribution in [0.4, 0.5) is 0 Å². The van der Waals surface area contributed by atoms with Crippen molar-refractivity contribution < 1.29 is 19.4 Å². The van der Waals surface area contributed by atoms with Crippen molar-refractivity contribution in [1.29, 1.82) is 0 Å². The van der Waals surface area contributed by atoms with Crippen LogP contribution in [0.2, 0.25) is 0 Å². The Balaban J connectivity index is 3.49. The van der Waals surface area contributed by atoms with Crippen molar-refractivity contribution in [3.8, 4) is 0 Å². The van der Waals surface area contributed by atoms with Gasteiger partial charge in [0.25, 0.3) is 0 Å². The highest BCUT2D eigenvalue weighted by molar-refractivity contribution is 9.10. The van der Waals surface area contributed by atoms with E-state index < -0.39 is 16.8 Å². The summed E-state index contributed by atoms with van der Waals surface area (Å²) in [6, 6.07) is 0. The minimum Gasteiger partial charge on any atom is -0.247 e. The van der Waals surface area contributed by atoms with Crippen LogP contribution >= 0.6 is 15.9 Å². The van der Waals surface area contributed by atoms with Gasteiger partial charge in [-0.25, -0.2) is 19.4 Å². The molecule has 0 rings (SSSR count). The standard InChI is InChI=1S/C24H45BrO4/c1-3-5-7-9-11-13-15-17-19-21-23(26)28-29-24(27)22(25)20-18-16-14-12-10-8-6-4-2/h22H,3-21H2,1-2H3. The van der Waals surface area contributed by atoms with Crippen molar-refractivity contribution >= 4 is 27.9 Å². The summed E-state index contributed by atoms with van der Waals surface area (Å²) >= 11 is 3.33. The van der Waals surface area contributed by atoms with E-state index in [0.717, 1.165) is 32.1 Å². The predicted octanol–water partition coefficient (Wildman–Crippen LogP) is 8.20. The Bertz CT molecular complexity index is 387. The van der Waals surface area contributed by atoms with Crippen molar-refractivity contribution in [2.24, 2.45) is 0 Å². The summed E-state index contributed by atoms with van der Waals surface area (Å²) in [5.41, 5.74) is 0. The van der Waals surface area contributed by atoms with E-state index in [-0.39, 0.29) is 0 Å². The van der Waals surface area contributed by atoms with Crippen LogP contribution in [0.25, 0.3) is 0 Å². The molecule has 0 heterocycles. The molecule has 4 nitrogen and oxygen atoms in total. The van der Waals surface area contributed by atoms with Crippen LogP contribution in [0.5, 0.6) is 0 Å². The molecule has 0 amide bonds. The van der Waals surface area contributed by atoms with Crippen LogP contribution in [0.15, 0.2) is 0 Å². The Hall–Kier alpha value is -0.580. The highest BCUT2D eigenvalue weighted by atomic mass is 79.9. The van der Waals surface area contributed by atoms with Crippen LogP contribution in [0, 0.1) is 0 Å². The van der Waals surface area contributed by atoms with Gasteiger partial charge in [0.2, 0.25) is 0 Å². The maximum absolute atomic E-state index is 11.9. The molecule has 29 heavy (non-hydrogen) atoms. The molecule has 0 spiro atoms. The van der Waals surface area contributed by atoms with Gasteiger partial charge >= 0.3 is 11.9 Å². The third-order valence-corrected chi connectivity index (χ3v) is 6.10. The number of hydrogen-bond acceptors (Lipinski definition) is 4. The molecule has 1 unspecified atom stereocenters. The van der Waals surface area contributed by atoms with Crippen molar-refractivity contribution in [2.45, 2.75) is 141 Å². The molecule has 0 saturated carbocycles. The minimum atomic E-state index is -0.506. The zero-order valence-corrected chi connectivity index (χ0v) is 20.6. The van der Waals surface area contributed by atoms with Crippen LogP contribution in [0.1, 0.15) is 136 Å². The molecule has 172 valence electrons. The van der Waals surface area contributed by atoms with E-state index in [0.29, 0.717) is 12.8 Å². The first-order chi connectivity index (χ1) is 14.1. The van der Waals surface area contributed by atoms with E-state index in [2.05, 4.69) is 39.6 Å². The molecule has 0 aromatic carbocycles. The smallest absolute Gasteiger partial charge is 0.247 e. The number of carbonyl (C=O) groups is 2. The molecular weight excluding hydrogens is 432 g/mol. The Labute approximate surface area is 187 Å². The average molecular weight is 478 g/mol. The van der Waals surface area contributed by atoms with Gasteiger partial charge in [0.05, 0.1) is 6.42 Å². The van der Waals surface area contributed by atoms with E-state index in [1.807, 2.05) is 0 Å². The first kappa shape index (κ1) is 28.4. The number of halogens is 1. The van der Waals surface area contributed by atoms with Gasteiger partial charge < -0.3 is 0 Å². The third kappa shape index (κ3) is 20.5. The molecule has 0 bridgehead atoms. The first-order valence-electron chi connectivity index (χ1n) is 12.2. The van der Waals surface area contributed by atoms with Gasteiger partial charge in [-0.1, -0.05) is 133 Å². The van der Waals surface area contributed by atoms with Gasteiger partial charge in [0.15, 0.2) is 0 Å². The molecule has 0 aromatic heterocycles. The van der Waals surface area contributed by atoms with Crippen molar-refractivity contribution in [1.82, 2.24) is 0 Å². The summed E-state index contributed by atoms with van der Waals surface area (Å²) in [4.78, 5) is 32.5. The number of unbranched alkanes of at least 4 members (excludes halogenated alkanes) is 15. The topological polar surface area (TPSA) is 52.6 Å². The van der Waals surface area contributed by atoms with Gasteiger partial charge in [-0.05, 0) is 12.8 Å². The second kappa shape index (κ2) is 22.1. The molecular formula is C24H45BrO4. The Morgan fingerprint density at radius 1 is 0.621 bits per heavy atom. The van der Waals surface area contributed by atoms with Crippen molar-refractivity contribution in [3.63, 3.8) is 0 Å². The van der Waals surface area contributed by atoms with Crippen LogP contribution in [0.3, 0.4) is 0 Å². The maximum atomic E-state index is 11.9. The quantitative estimate of drug-likeness (QED) is 0.0767. The van der Waals surface area contributed by atoms with Gasteiger partial charge in [0, 0.05) is 0 Å². The molecule has 0 aliphatic rings. The Kier molecular flexibility index (Phi) is 21.7. The minimum absolute atomic E-state index is 0.314. The molecule has 1 atom stereocenters. The number of alkyl halides is 1. The zero-order valence-electron chi connectivity index (χ0n) is 19.0. The molecule has 0 aromatic rings. The molecule has 0 radical (unpaired) electrons. The lowest BCUT2D eigenvalue weighted by molar-refractivity contribution is -0.258. The SMILES string of the molecule is CCCCCCCCCCCC(=O)OOC(=O)C(Br)CCCCCCCCCC. The summed E-state index contributed by atoms with van der Waals surface area (Å²) in [5.74, 6) is -0.957. The second-order valence-electron chi connectivity index (χ2n) is 8.17. The highest BCUT2D eigenvalue weighted by Crippen LogP contribution is 2.16. The lowest BCUT2D eigenvalue weighted by Gasteiger charge is -2.08. The highest BCUT2D eigenvalue weighted by Gasteiger charge is 2.19. The van der Waals surface area contributed by atoms with E-state index in [4.69, 9.17) is 0 Å². The van der Waals surface area contributed by atoms with E-state index >= 15 is 0 Å². The fraction of sp³-hybridized carbons (Fsp3) is 0.917. The van der Waals surface area contributed by atoms with Gasteiger partial charge in [-0.3, -0.25) is 0 Å². The normalized spacial score (nSPS) is 12.0. The molecule has 0 N–H and O–H groups in total. The summed E-state index contributed by atoms with van der Waals surface area (Å²) < 4.78 is 0. The third-order valence-electron chi connectivity index (χ3n) is 5.27. The lowest BCUT2D eigenvalue weighted by atomic mass is 10.1. The van der Waals surface area contributed by atoms with Gasteiger partial charge in [0.1, 0.15) is 4.83 Å². The lowest BCUT2D eigenvalue weighted by Crippen LogP contribution is -2.19. The molecule has 0 fully saturated rings. The maximum Gasteiger partial charge on any atom is 0.369 e. The molecule has 0 aliphatic heterocycles. The largest absolute Gasteiger partial charge is 0.369 e. The monoisotopic (exact) mass is 476 g/mol. The zero-order chi connectivity index (χ0) is 21.6. The molecule has 5 heteroatoms. The van der Waals surface area contributed by atoms with Gasteiger partial charge in [-0.2, -0.15) is 0 Å². The molecule has 0 aliphatic carbocycles. The second-order valence-corrected chi connectivity index (χ2v) is 9.27. The summed E-state index contributed by atoms with van der Waals surface area (Å²) in [5, 5.41) is 0. The number of hydrogen-bond donors (Lipinski definition) is 0. The van der Waals surface area contributed by atoms with Crippen molar-refractivity contribution in [2.75, 3.05) is 0 Å². The van der Waals surface area contributed by atoms with Crippen LogP contribution in [-0.4, -0.2) is 16.8 Å². The van der Waals surface area contributed by atoms with Crippen molar-refractivity contribution in [3.05, 3.63) is 0 Å². The molecule has 0 saturated heterocycles. The summed E-state index contributed by atoms with van der Waals surface area (Å²) in [7, 11) is 0. The van der Waals surface area contributed by atoms with Crippen LogP contribution in [-0.2, 0) is 19.4 Å². The summed E-state index contributed by atoms with van der Waals surface area (Å²) in [6.07, 6.45) is 21.6. The van der Waals surface area contributed by atoms with E-state index in [1.54, 1.807) is 0 Å². The van der Waals surface area contributed by atoms with E-state index in [9.17, 15) is 9.59 Å². The predicted molar refractivity (Wildman–Crippen MR) is 124 cm³/mol. The Morgan fingerprint density at radius 3 is 1.52 bits per heavy atom. The first-order valence-corrected chi connectivity index (χ1v) is 13.1. The Morgan fingerprint density at radius 2 is 1.03 bits per heavy atom. The number of carbonyl (C=O) groups excluding carboxylic acids is 2. The van der Waals surface area contributed by atoms with Gasteiger partial charge in [-0.15, -0.1) is 0 Å². The van der Waals surface area contributed by atoms with E-state index in [1.165, 1.54) is 77.0 Å². The fourth-order valence-electron chi connectivity index (χ4n) is 3.34. The van der Waals surface area contributed by atoms with Crippen LogP contribution < -0.4 is 0 Å². The fourth-order valence-corrected chi connectivity index (χ4v) is 3.74. The number of rotatable bonds is 20.